The molecule has 0 saturated carbocycles. The molecule has 0 unspecified atom stereocenters. The molecule has 24 heavy (non-hydrogen) atoms. The van der Waals surface area contributed by atoms with Crippen molar-refractivity contribution >= 4 is 23.3 Å². The summed E-state index contributed by atoms with van der Waals surface area (Å²) in [5, 5.41) is -0.409. The average Bonchev–Trinajstić information content (AvgIpc) is 2.65. The first-order valence-corrected chi connectivity index (χ1v) is 8.76. The summed E-state index contributed by atoms with van der Waals surface area (Å²) >= 11 is 1.39. The molecule has 0 bridgehead atoms. The van der Waals surface area contributed by atoms with Crippen LogP contribution in [0.5, 0.6) is 11.5 Å². The van der Waals surface area contributed by atoms with Crippen molar-refractivity contribution in [3.63, 3.8) is 0 Å². The van der Waals surface area contributed by atoms with Crippen LogP contribution < -0.4 is 9.47 Å². The van der Waals surface area contributed by atoms with Crippen LogP contribution in [0.1, 0.15) is 27.1 Å². The largest absolute Gasteiger partial charge is 0.497 e. The lowest BCUT2D eigenvalue weighted by Crippen LogP contribution is -2.21. The second-order valence-corrected chi connectivity index (χ2v) is 6.21. The van der Waals surface area contributed by atoms with Crippen LogP contribution in [0.2, 0.25) is 0 Å². The van der Waals surface area contributed by atoms with Crippen molar-refractivity contribution in [2.45, 2.75) is 11.7 Å². The minimum absolute atomic E-state index is 0.0491. The number of ketones is 2. The molecule has 2 rings (SSSR count). The van der Waals surface area contributed by atoms with E-state index < -0.39 is 5.25 Å². The maximum atomic E-state index is 12.6. The first-order valence-electron chi connectivity index (χ1n) is 7.47. The highest BCUT2D eigenvalue weighted by molar-refractivity contribution is 8.00. The van der Waals surface area contributed by atoms with Crippen molar-refractivity contribution in [1.29, 1.82) is 0 Å². The molecule has 0 aromatic heterocycles. The van der Waals surface area contributed by atoms with Gasteiger partial charge in [-0.05, 0) is 54.8 Å². The lowest BCUT2D eigenvalue weighted by atomic mass is 10.0. The summed E-state index contributed by atoms with van der Waals surface area (Å²) in [5.41, 5.74) is 1.16. The first-order chi connectivity index (χ1) is 11.6. The Morgan fingerprint density at radius 2 is 1.33 bits per heavy atom. The molecule has 2 aromatic carbocycles. The van der Waals surface area contributed by atoms with Crippen molar-refractivity contribution in [1.82, 2.24) is 0 Å². The molecule has 0 radical (unpaired) electrons. The number of carbonyl (C=O) groups excluding carboxylic acids is 2. The van der Waals surface area contributed by atoms with E-state index in [-0.39, 0.29) is 18.0 Å². The van der Waals surface area contributed by atoms with Crippen LogP contribution in [-0.4, -0.2) is 37.3 Å². The molecule has 0 saturated heterocycles. The van der Waals surface area contributed by atoms with E-state index in [4.69, 9.17) is 9.47 Å². The van der Waals surface area contributed by atoms with Crippen molar-refractivity contribution in [2.24, 2.45) is 0 Å². The zero-order valence-electron chi connectivity index (χ0n) is 13.9. The zero-order chi connectivity index (χ0) is 17.5. The van der Waals surface area contributed by atoms with Gasteiger partial charge in [0.05, 0.1) is 19.5 Å². The van der Waals surface area contributed by atoms with Crippen LogP contribution in [0.25, 0.3) is 0 Å². The van der Waals surface area contributed by atoms with Crippen LogP contribution in [0, 0.1) is 0 Å². The van der Waals surface area contributed by atoms with E-state index in [1.54, 1.807) is 62.8 Å². The summed E-state index contributed by atoms with van der Waals surface area (Å²) in [7, 11) is 3.16. The number of hydrogen-bond donors (Lipinski definition) is 0. The number of carbonyl (C=O) groups is 2. The maximum Gasteiger partial charge on any atom is 0.176 e. The normalized spacial score (nSPS) is 11.6. The van der Waals surface area contributed by atoms with Crippen molar-refractivity contribution in [3.05, 3.63) is 59.7 Å². The Morgan fingerprint density at radius 3 is 1.75 bits per heavy atom. The third-order valence-electron chi connectivity index (χ3n) is 3.73. The summed E-state index contributed by atoms with van der Waals surface area (Å²) in [6, 6.07) is 13.9. The van der Waals surface area contributed by atoms with E-state index in [1.807, 2.05) is 6.26 Å². The van der Waals surface area contributed by atoms with Gasteiger partial charge in [0.25, 0.3) is 0 Å². The molecule has 0 aliphatic carbocycles. The van der Waals surface area contributed by atoms with Crippen LogP contribution in [0.4, 0.5) is 0 Å². The van der Waals surface area contributed by atoms with Crippen LogP contribution in [0.3, 0.4) is 0 Å². The molecule has 0 aliphatic heterocycles. The predicted molar refractivity (Wildman–Crippen MR) is 96.6 cm³/mol. The molecule has 126 valence electrons. The molecule has 4 nitrogen and oxygen atoms in total. The van der Waals surface area contributed by atoms with Gasteiger partial charge in [0, 0.05) is 17.5 Å². The van der Waals surface area contributed by atoms with Crippen molar-refractivity contribution < 1.29 is 19.1 Å². The van der Waals surface area contributed by atoms with Crippen molar-refractivity contribution in [3.8, 4) is 11.5 Å². The van der Waals surface area contributed by atoms with Gasteiger partial charge >= 0.3 is 0 Å². The molecule has 5 heteroatoms. The van der Waals surface area contributed by atoms with Crippen molar-refractivity contribution in [2.75, 3.05) is 20.5 Å². The Labute approximate surface area is 146 Å². The van der Waals surface area contributed by atoms with E-state index in [2.05, 4.69) is 0 Å². The Hall–Kier alpha value is -2.27. The fourth-order valence-corrected chi connectivity index (χ4v) is 2.96. The molecule has 0 fully saturated rings. The van der Waals surface area contributed by atoms with Gasteiger partial charge in [-0.15, -0.1) is 0 Å². The lowest BCUT2D eigenvalue weighted by molar-refractivity contribution is 0.0924. The van der Waals surface area contributed by atoms with Gasteiger partial charge in [-0.25, -0.2) is 0 Å². The molecule has 0 aliphatic rings. The Kier molecular flexibility index (Phi) is 6.44. The quantitative estimate of drug-likeness (QED) is 0.680. The minimum atomic E-state index is -0.409. The fourth-order valence-electron chi connectivity index (χ4n) is 2.29. The number of methoxy groups -OCH3 is 2. The number of ether oxygens (including phenoxy) is 2. The first kappa shape index (κ1) is 18.1. The number of rotatable bonds is 8. The van der Waals surface area contributed by atoms with E-state index in [0.29, 0.717) is 22.6 Å². The SMILES string of the molecule is COc1ccc(C(=O)C[C@@H](SC)C(=O)c2ccc(OC)cc2)cc1. The van der Waals surface area contributed by atoms with Gasteiger partial charge in [-0.2, -0.15) is 11.8 Å². The molecule has 0 N–H and O–H groups in total. The zero-order valence-corrected chi connectivity index (χ0v) is 14.8. The van der Waals surface area contributed by atoms with Gasteiger partial charge in [0.2, 0.25) is 0 Å². The summed E-state index contributed by atoms with van der Waals surface area (Å²) in [5.74, 6) is 1.29. The smallest absolute Gasteiger partial charge is 0.176 e. The molecular weight excluding hydrogens is 324 g/mol. The maximum absolute atomic E-state index is 12.6. The standard InChI is InChI=1S/C19H20O4S/c1-22-15-8-4-13(5-9-15)17(20)12-18(24-3)19(21)14-6-10-16(23-2)11-7-14/h4-11,18H,12H2,1-3H3/t18-/m1/s1. The predicted octanol–water partition coefficient (Wildman–Crippen LogP) is 3.89. The monoisotopic (exact) mass is 344 g/mol. The molecule has 2 aromatic rings. The molecule has 0 spiro atoms. The third kappa shape index (κ3) is 4.38. The fraction of sp³-hybridized carbons (Fsp3) is 0.263. The highest BCUT2D eigenvalue weighted by Gasteiger charge is 2.23. The minimum Gasteiger partial charge on any atom is -0.497 e. The highest BCUT2D eigenvalue weighted by atomic mass is 32.2. The number of thioether (sulfide) groups is 1. The topological polar surface area (TPSA) is 52.6 Å². The Bertz CT molecular complexity index is 692. The van der Waals surface area contributed by atoms with E-state index in [9.17, 15) is 9.59 Å². The van der Waals surface area contributed by atoms with Crippen LogP contribution in [-0.2, 0) is 0 Å². The van der Waals surface area contributed by atoms with Gasteiger partial charge in [-0.3, -0.25) is 9.59 Å². The van der Waals surface area contributed by atoms with Crippen LogP contribution in [0.15, 0.2) is 48.5 Å². The molecule has 0 heterocycles. The van der Waals surface area contributed by atoms with Crippen LogP contribution >= 0.6 is 11.8 Å². The van der Waals surface area contributed by atoms with Gasteiger partial charge in [0.15, 0.2) is 11.6 Å². The Morgan fingerprint density at radius 1 is 0.875 bits per heavy atom. The summed E-state index contributed by atoms with van der Waals surface area (Å²) in [6.07, 6.45) is 2.01. The lowest BCUT2D eigenvalue weighted by Gasteiger charge is -2.13. The second kappa shape index (κ2) is 8.55. The summed E-state index contributed by atoms with van der Waals surface area (Å²) in [6.45, 7) is 0. The highest BCUT2D eigenvalue weighted by Crippen LogP contribution is 2.22. The third-order valence-corrected chi connectivity index (χ3v) is 4.68. The summed E-state index contributed by atoms with van der Waals surface area (Å²) < 4.78 is 10.2. The molecule has 0 amide bonds. The number of hydrogen-bond acceptors (Lipinski definition) is 5. The Balaban J connectivity index is 2.08. The molecule has 1 atom stereocenters. The van der Waals surface area contributed by atoms with Gasteiger partial charge < -0.3 is 9.47 Å². The number of benzene rings is 2. The summed E-state index contributed by atoms with van der Waals surface area (Å²) in [4.78, 5) is 25.0. The van der Waals surface area contributed by atoms with Gasteiger partial charge in [-0.1, -0.05) is 0 Å². The average molecular weight is 344 g/mol. The molecular formula is C19H20O4S. The van der Waals surface area contributed by atoms with E-state index in [1.165, 1.54) is 11.8 Å². The number of Topliss-reactive ketones (excluding diaryl/α,β-unsaturated/α-hetero) is 2. The van der Waals surface area contributed by atoms with E-state index >= 15 is 0 Å². The second-order valence-electron chi connectivity index (χ2n) is 5.17. The van der Waals surface area contributed by atoms with E-state index in [0.717, 1.165) is 0 Å². The van der Waals surface area contributed by atoms with Gasteiger partial charge in [0.1, 0.15) is 11.5 Å².